The quantitative estimate of drug-likeness (QED) is 0.664. The highest BCUT2D eigenvalue weighted by atomic mass is 79.9. The van der Waals surface area contributed by atoms with Gasteiger partial charge in [-0.2, -0.15) is 5.10 Å². The van der Waals surface area contributed by atoms with Gasteiger partial charge in [-0.1, -0.05) is 15.9 Å². The molecule has 1 aromatic heterocycles. The van der Waals surface area contributed by atoms with Gasteiger partial charge < -0.3 is 9.15 Å². The molecule has 110 valence electrons. The van der Waals surface area contributed by atoms with E-state index >= 15 is 0 Å². The van der Waals surface area contributed by atoms with Gasteiger partial charge in [-0.15, -0.1) is 0 Å². The van der Waals surface area contributed by atoms with Gasteiger partial charge in [-0.05, 0) is 49.7 Å². The summed E-state index contributed by atoms with van der Waals surface area (Å²) in [5.74, 6) is 0.947. The van der Waals surface area contributed by atoms with Gasteiger partial charge in [-0.25, -0.2) is 5.43 Å². The van der Waals surface area contributed by atoms with Crippen molar-refractivity contribution in [1.82, 2.24) is 5.43 Å². The number of hydrogen-bond acceptors (Lipinski definition) is 4. The van der Waals surface area contributed by atoms with E-state index in [0.717, 1.165) is 10.0 Å². The van der Waals surface area contributed by atoms with Crippen LogP contribution in [0.2, 0.25) is 0 Å². The van der Waals surface area contributed by atoms with Crippen molar-refractivity contribution in [2.24, 2.45) is 5.10 Å². The number of ether oxygens (including phenoxy) is 1. The summed E-state index contributed by atoms with van der Waals surface area (Å²) in [6.07, 6.45) is 1.55. The Bertz CT molecular complexity index is 651. The summed E-state index contributed by atoms with van der Waals surface area (Å²) in [6, 6.07) is 9.12. The Balaban J connectivity index is 1.86. The van der Waals surface area contributed by atoms with Gasteiger partial charge in [0.15, 0.2) is 6.61 Å². The second-order valence-corrected chi connectivity index (χ2v) is 5.32. The molecule has 1 heterocycles. The molecule has 0 aliphatic rings. The number of hydrogen-bond donors (Lipinski definition) is 1. The summed E-state index contributed by atoms with van der Waals surface area (Å²) in [4.78, 5) is 11.7. The molecule has 2 rings (SSSR count). The molecule has 1 aromatic carbocycles. The largest absolute Gasteiger partial charge is 0.483 e. The summed E-state index contributed by atoms with van der Waals surface area (Å²) < 4.78 is 11.6. The molecule has 0 radical (unpaired) electrons. The summed E-state index contributed by atoms with van der Waals surface area (Å²) in [6.45, 7) is 3.56. The first-order valence-electron chi connectivity index (χ1n) is 6.32. The lowest BCUT2D eigenvalue weighted by Crippen LogP contribution is -2.25. The van der Waals surface area contributed by atoms with Gasteiger partial charge in [0, 0.05) is 4.47 Å². The number of carbonyl (C=O) groups excluding carboxylic acids is 1. The molecule has 1 amide bonds. The van der Waals surface area contributed by atoms with Crippen molar-refractivity contribution in [2.75, 3.05) is 6.61 Å². The van der Waals surface area contributed by atoms with E-state index in [0.29, 0.717) is 17.2 Å². The van der Waals surface area contributed by atoms with Gasteiger partial charge in [0.2, 0.25) is 0 Å². The highest BCUT2D eigenvalue weighted by Crippen LogP contribution is 2.21. The van der Waals surface area contributed by atoms with E-state index < -0.39 is 0 Å². The van der Waals surface area contributed by atoms with Crippen molar-refractivity contribution in [2.45, 2.75) is 13.8 Å². The van der Waals surface area contributed by atoms with E-state index in [1.165, 1.54) is 0 Å². The number of halogens is 1. The minimum absolute atomic E-state index is 0.0998. The number of rotatable bonds is 5. The molecule has 0 atom stereocenters. The lowest BCUT2D eigenvalue weighted by Gasteiger charge is -2.08. The first-order chi connectivity index (χ1) is 10.1. The smallest absolute Gasteiger partial charge is 0.277 e. The molecule has 1 N–H and O–H groups in total. The molecular formula is C15H15BrN2O3. The molecule has 6 heteroatoms. The minimum atomic E-state index is -0.330. The van der Waals surface area contributed by atoms with Crippen molar-refractivity contribution in [3.8, 4) is 5.75 Å². The Hall–Kier alpha value is -2.08. The molecule has 0 bridgehead atoms. The van der Waals surface area contributed by atoms with Crippen LogP contribution < -0.4 is 10.2 Å². The summed E-state index contributed by atoms with van der Waals surface area (Å²) in [7, 11) is 0. The van der Waals surface area contributed by atoms with Gasteiger partial charge in [-0.3, -0.25) is 4.79 Å². The maximum absolute atomic E-state index is 11.7. The highest BCUT2D eigenvalue weighted by Gasteiger charge is 2.06. The third-order valence-corrected chi connectivity index (χ3v) is 3.22. The Morgan fingerprint density at radius 1 is 1.43 bits per heavy atom. The summed E-state index contributed by atoms with van der Waals surface area (Å²) in [5.41, 5.74) is 3.97. The summed E-state index contributed by atoms with van der Waals surface area (Å²) in [5, 5.41) is 3.95. The molecule has 21 heavy (non-hydrogen) atoms. The molecular weight excluding hydrogens is 336 g/mol. The van der Waals surface area contributed by atoms with E-state index in [-0.39, 0.29) is 12.5 Å². The van der Waals surface area contributed by atoms with E-state index in [1.807, 2.05) is 25.1 Å². The normalized spacial score (nSPS) is 11.3. The molecule has 0 fully saturated rings. The second-order valence-electron chi connectivity index (χ2n) is 4.41. The van der Waals surface area contributed by atoms with E-state index in [1.54, 1.807) is 25.3 Å². The fourth-order valence-electron chi connectivity index (χ4n) is 1.64. The number of carbonyl (C=O) groups is 1. The fraction of sp³-hybridized carbons (Fsp3) is 0.200. The Labute approximate surface area is 131 Å². The lowest BCUT2D eigenvalue weighted by molar-refractivity contribution is -0.123. The number of amides is 1. The van der Waals surface area contributed by atoms with Gasteiger partial charge >= 0.3 is 0 Å². The fourth-order valence-corrected chi connectivity index (χ4v) is 2.11. The van der Waals surface area contributed by atoms with E-state index in [9.17, 15) is 4.79 Å². The molecule has 5 nitrogen and oxygen atoms in total. The monoisotopic (exact) mass is 350 g/mol. The topological polar surface area (TPSA) is 63.8 Å². The average molecular weight is 351 g/mol. The first kappa shape index (κ1) is 15.3. The van der Waals surface area contributed by atoms with E-state index in [4.69, 9.17) is 9.15 Å². The average Bonchev–Trinajstić information content (AvgIpc) is 2.98. The lowest BCUT2D eigenvalue weighted by atomic mass is 10.2. The third-order valence-electron chi connectivity index (χ3n) is 2.72. The van der Waals surface area contributed by atoms with Crippen LogP contribution in [-0.2, 0) is 4.79 Å². The van der Waals surface area contributed by atoms with Crippen LogP contribution in [0.15, 0.2) is 50.6 Å². The van der Waals surface area contributed by atoms with Crippen LogP contribution in [0.25, 0.3) is 0 Å². The Kier molecular flexibility index (Phi) is 5.16. The SMILES string of the molecule is C/C(=N\NC(=O)COc1ccc(Br)cc1C)c1ccco1. The Morgan fingerprint density at radius 3 is 2.90 bits per heavy atom. The highest BCUT2D eigenvalue weighted by molar-refractivity contribution is 9.10. The molecule has 0 unspecified atom stereocenters. The molecule has 0 aliphatic carbocycles. The zero-order valence-corrected chi connectivity index (χ0v) is 13.3. The van der Waals surface area contributed by atoms with Gasteiger partial charge in [0.25, 0.3) is 5.91 Å². The molecule has 0 aliphatic heterocycles. The van der Waals surface area contributed by atoms with Crippen LogP contribution in [0.3, 0.4) is 0 Å². The van der Waals surface area contributed by atoms with Crippen LogP contribution >= 0.6 is 15.9 Å². The van der Waals surface area contributed by atoms with Gasteiger partial charge in [0.1, 0.15) is 17.2 Å². The first-order valence-corrected chi connectivity index (χ1v) is 7.11. The van der Waals surface area contributed by atoms with Crippen molar-refractivity contribution in [3.05, 3.63) is 52.4 Å². The van der Waals surface area contributed by atoms with Crippen LogP contribution in [0.5, 0.6) is 5.75 Å². The number of benzene rings is 1. The Morgan fingerprint density at radius 2 is 2.24 bits per heavy atom. The van der Waals surface area contributed by atoms with Crippen LogP contribution in [0, 0.1) is 6.92 Å². The summed E-state index contributed by atoms with van der Waals surface area (Å²) >= 11 is 3.37. The number of aryl methyl sites for hydroxylation is 1. The molecule has 0 saturated carbocycles. The molecule has 2 aromatic rings. The van der Waals surface area contributed by atoms with Crippen molar-refractivity contribution in [3.63, 3.8) is 0 Å². The standard InChI is InChI=1S/C15H15BrN2O3/c1-10-8-12(16)5-6-13(10)21-9-15(19)18-17-11(2)14-4-3-7-20-14/h3-8H,9H2,1-2H3,(H,18,19)/b17-11+. The zero-order chi connectivity index (χ0) is 15.2. The van der Waals surface area contributed by atoms with Crippen LogP contribution in [-0.4, -0.2) is 18.2 Å². The van der Waals surface area contributed by atoms with Crippen molar-refractivity contribution < 1.29 is 13.9 Å². The second kappa shape index (κ2) is 7.08. The maximum atomic E-state index is 11.7. The predicted octanol–water partition coefficient (Wildman–Crippen LogP) is 3.27. The maximum Gasteiger partial charge on any atom is 0.277 e. The van der Waals surface area contributed by atoms with Crippen LogP contribution in [0.1, 0.15) is 18.2 Å². The van der Waals surface area contributed by atoms with Crippen molar-refractivity contribution >= 4 is 27.5 Å². The number of hydrazone groups is 1. The van der Waals surface area contributed by atoms with E-state index in [2.05, 4.69) is 26.5 Å². The van der Waals surface area contributed by atoms with Gasteiger partial charge in [0.05, 0.1) is 6.26 Å². The molecule has 0 saturated heterocycles. The minimum Gasteiger partial charge on any atom is -0.483 e. The van der Waals surface area contributed by atoms with Crippen LogP contribution in [0.4, 0.5) is 0 Å². The number of nitrogens with zero attached hydrogens (tertiary/aromatic N) is 1. The molecule has 0 spiro atoms. The number of nitrogens with one attached hydrogen (secondary N) is 1. The number of furan rings is 1. The third kappa shape index (κ3) is 4.46. The van der Waals surface area contributed by atoms with Crippen molar-refractivity contribution in [1.29, 1.82) is 0 Å². The zero-order valence-electron chi connectivity index (χ0n) is 11.7. The predicted molar refractivity (Wildman–Crippen MR) is 83.4 cm³/mol.